The van der Waals surface area contributed by atoms with Gasteiger partial charge < -0.3 is 10.6 Å². The quantitative estimate of drug-likeness (QED) is 0.735. The lowest BCUT2D eigenvalue weighted by Gasteiger charge is -2.23. The zero-order valence-corrected chi connectivity index (χ0v) is 17.7. The highest BCUT2D eigenvalue weighted by atomic mass is 32.2. The number of benzene rings is 1. The predicted molar refractivity (Wildman–Crippen MR) is 112 cm³/mol. The minimum Gasteiger partial charge on any atom is -0.339 e. The van der Waals surface area contributed by atoms with Crippen molar-refractivity contribution in [3.63, 3.8) is 0 Å². The summed E-state index contributed by atoms with van der Waals surface area (Å²) in [6.07, 6.45) is 4.88. The topological polar surface area (TPSA) is 99.1 Å². The van der Waals surface area contributed by atoms with E-state index in [1.54, 1.807) is 18.2 Å². The van der Waals surface area contributed by atoms with Crippen molar-refractivity contribution in [1.29, 1.82) is 5.26 Å². The molecule has 1 saturated carbocycles. The molecule has 1 aromatic heterocycles. The molecule has 1 aromatic carbocycles. The molecule has 2 bridgehead atoms. The fraction of sp³-hybridized carbons (Fsp3) is 0.429. The van der Waals surface area contributed by atoms with E-state index in [-0.39, 0.29) is 16.8 Å². The number of sulfone groups is 1. The highest BCUT2D eigenvalue weighted by Gasteiger charge is 2.43. The second-order valence-electron chi connectivity index (χ2n) is 7.87. The predicted octanol–water partition coefficient (Wildman–Crippen LogP) is 2.51. The van der Waals surface area contributed by atoms with E-state index in [1.807, 2.05) is 18.2 Å². The summed E-state index contributed by atoms with van der Waals surface area (Å²) in [7, 11) is -3.27. The third kappa shape index (κ3) is 4.37. The lowest BCUT2D eigenvalue weighted by molar-refractivity contribution is -0.124. The average Bonchev–Trinajstić information content (AvgIpc) is 3.44. The van der Waals surface area contributed by atoms with Gasteiger partial charge in [-0.2, -0.15) is 5.26 Å². The van der Waals surface area contributed by atoms with Crippen LogP contribution in [0.5, 0.6) is 0 Å². The first-order valence-corrected chi connectivity index (χ1v) is 12.4. The van der Waals surface area contributed by atoms with E-state index in [0.717, 1.165) is 34.6 Å². The van der Waals surface area contributed by atoms with Crippen molar-refractivity contribution in [3.8, 4) is 16.5 Å². The molecule has 8 heteroatoms. The highest BCUT2D eigenvalue weighted by molar-refractivity contribution is 7.90. The molecule has 152 valence electrons. The Bertz CT molecular complexity index is 1070. The van der Waals surface area contributed by atoms with Crippen molar-refractivity contribution in [3.05, 3.63) is 41.3 Å². The molecule has 1 aliphatic heterocycles. The minimum absolute atomic E-state index is 0.0821. The molecule has 0 radical (unpaired) electrons. The summed E-state index contributed by atoms with van der Waals surface area (Å²) in [5, 5.41) is 15.8. The van der Waals surface area contributed by atoms with Crippen LogP contribution in [0, 0.1) is 17.2 Å². The summed E-state index contributed by atoms with van der Waals surface area (Å²) in [5.41, 5.74) is 0.827. The first-order chi connectivity index (χ1) is 13.8. The van der Waals surface area contributed by atoms with Crippen LogP contribution in [-0.2, 0) is 21.1 Å². The van der Waals surface area contributed by atoms with Crippen LogP contribution in [0.2, 0.25) is 0 Å². The molecule has 1 saturated heterocycles. The molecule has 0 unspecified atom stereocenters. The van der Waals surface area contributed by atoms with E-state index in [2.05, 4.69) is 16.7 Å². The molecular formula is C21H23N3O3S2. The van der Waals surface area contributed by atoms with E-state index in [9.17, 15) is 18.5 Å². The SMILES string of the molecule is CS(=O)(=O)c1cccc(-c2ccc(C[C@@H](C#N)NC(=O)[C@H]3N[C@H]4CC[C@H]3C4)s2)c1. The monoisotopic (exact) mass is 429 g/mol. The Morgan fingerprint density at radius 1 is 1.34 bits per heavy atom. The van der Waals surface area contributed by atoms with E-state index in [0.29, 0.717) is 18.4 Å². The summed E-state index contributed by atoms with van der Waals surface area (Å²) >= 11 is 1.51. The lowest BCUT2D eigenvalue weighted by Crippen LogP contribution is -2.50. The van der Waals surface area contributed by atoms with Gasteiger partial charge in [0.05, 0.1) is 17.0 Å². The molecule has 2 N–H and O–H groups in total. The molecule has 6 nitrogen and oxygen atoms in total. The minimum atomic E-state index is -3.27. The van der Waals surface area contributed by atoms with Crippen molar-refractivity contribution in [2.45, 2.75) is 48.7 Å². The van der Waals surface area contributed by atoms with Gasteiger partial charge in [0.25, 0.3) is 0 Å². The van der Waals surface area contributed by atoms with Gasteiger partial charge in [-0.25, -0.2) is 8.42 Å². The number of amides is 1. The number of carbonyl (C=O) groups excluding carboxylic acids is 1. The third-order valence-corrected chi connectivity index (χ3v) is 8.00. The number of nitrogens with zero attached hydrogens (tertiary/aromatic N) is 1. The zero-order chi connectivity index (χ0) is 20.6. The van der Waals surface area contributed by atoms with Crippen LogP contribution < -0.4 is 10.6 Å². The molecule has 1 aliphatic carbocycles. The number of rotatable bonds is 6. The van der Waals surface area contributed by atoms with Gasteiger partial charge in [0, 0.05) is 28.5 Å². The average molecular weight is 430 g/mol. The van der Waals surface area contributed by atoms with Crippen LogP contribution in [0.1, 0.15) is 24.1 Å². The number of hydrogen-bond acceptors (Lipinski definition) is 6. The third-order valence-electron chi connectivity index (χ3n) is 5.73. The molecule has 0 spiro atoms. The van der Waals surface area contributed by atoms with Gasteiger partial charge in [-0.05, 0) is 55.0 Å². The molecule has 29 heavy (non-hydrogen) atoms. The lowest BCUT2D eigenvalue weighted by atomic mass is 9.99. The Morgan fingerprint density at radius 3 is 2.83 bits per heavy atom. The van der Waals surface area contributed by atoms with Gasteiger partial charge in [-0.3, -0.25) is 4.79 Å². The van der Waals surface area contributed by atoms with Crippen LogP contribution in [0.4, 0.5) is 0 Å². The number of piperidine rings is 1. The number of thiophene rings is 1. The molecule has 2 aliphatic rings. The number of hydrogen-bond donors (Lipinski definition) is 2. The number of nitrogens with one attached hydrogen (secondary N) is 2. The zero-order valence-electron chi connectivity index (χ0n) is 16.1. The normalized spacial score (nSPS) is 24.2. The standard InChI is InChI=1S/C21H23N3O3S2/c1-29(26,27)18-4-2-3-13(10-18)19-8-7-17(28-19)11-16(12-22)24-21(25)20-14-5-6-15(9-14)23-20/h2-4,7-8,10,14-16,20,23H,5-6,9,11H2,1H3,(H,24,25)/t14-,15-,16-,20-/m0/s1. The maximum absolute atomic E-state index is 12.6. The van der Waals surface area contributed by atoms with Gasteiger partial charge in [-0.1, -0.05) is 12.1 Å². The molecular weight excluding hydrogens is 406 g/mol. The highest BCUT2D eigenvalue weighted by Crippen LogP contribution is 2.35. The van der Waals surface area contributed by atoms with Crippen molar-refractivity contribution in [2.75, 3.05) is 6.26 Å². The van der Waals surface area contributed by atoms with Gasteiger partial charge in [0.1, 0.15) is 6.04 Å². The number of nitriles is 1. The van der Waals surface area contributed by atoms with Crippen LogP contribution >= 0.6 is 11.3 Å². The molecule has 2 fully saturated rings. The first kappa shape index (κ1) is 20.1. The summed E-state index contributed by atoms with van der Waals surface area (Å²) in [6.45, 7) is 0. The van der Waals surface area contributed by atoms with Crippen molar-refractivity contribution < 1.29 is 13.2 Å². The van der Waals surface area contributed by atoms with Crippen LogP contribution in [-0.4, -0.2) is 38.7 Å². The second-order valence-corrected chi connectivity index (χ2v) is 11.1. The van der Waals surface area contributed by atoms with Gasteiger partial charge in [-0.15, -0.1) is 11.3 Å². The Balaban J connectivity index is 1.43. The summed E-state index contributed by atoms with van der Waals surface area (Å²) in [4.78, 5) is 14.8. The second kappa shape index (κ2) is 7.90. The summed E-state index contributed by atoms with van der Waals surface area (Å²) < 4.78 is 23.6. The Morgan fingerprint density at radius 2 is 2.17 bits per heavy atom. The maximum Gasteiger partial charge on any atom is 0.238 e. The largest absolute Gasteiger partial charge is 0.339 e. The fourth-order valence-corrected chi connectivity index (χ4v) is 5.98. The van der Waals surface area contributed by atoms with Gasteiger partial charge >= 0.3 is 0 Å². The van der Waals surface area contributed by atoms with Gasteiger partial charge in [0.2, 0.25) is 5.91 Å². The first-order valence-electron chi connectivity index (χ1n) is 9.69. The Kier molecular flexibility index (Phi) is 5.47. The van der Waals surface area contributed by atoms with Crippen molar-refractivity contribution in [2.24, 2.45) is 5.92 Å². The molecule has 4 atom stereocenters. The molecule has 1 amide bonds. The van der Waals surface area contributed by atoms with Gasteiger partial charge in [0.15, 0.2) is 9.84 Å². The Labute approximate surface area is 174 Å². The number of fused-ring (bicyclic) bond motifs is 2. The molecule has 2 heterocycles. The summed E-state index contributed by atoms with van der Waals surface area (Å²) in [6, 6.07) is 12.6. The van der Waals surface area contributed by atoms with E-state index in [4.69, 9.17) is 0 Å². The molecule has 2 aromatic rings. The van der Waals surface area contributed by atoms with Crippen molar-refractivity contribution >= 4 is 27.1 Å². The smallest absolute Gasteiger partial charge is 0.238 e. The summed E-state index contributed by atoms with van der Waals surface area (Å²) in [5.74, 6) is 0.302. The van der Waals surface area contributed by atoms with E-state index >= 15 is 0 Å². The van der Waals surface area contributed by atoms with Crippen LogP contribution in [0.15, 0.2) is 41.3 Å². The molecule has 4 rings (SSSR count). The van der Waals surface area contributed by atoms with E-state index < -0.39 is 15.9 Å². The maximum atomic E-state index is 12.6. The van der Waals surface area contributed by atoms with E-state index in [1.165, 1.54) is 17.6 Å². The van der Waals surface area contributed by atoms with Crippen LogP contribution in [0.25, 0.3) is 10.4 Å². The van der Waals surface area contributed by atoms with Crippen LogP contribution in [0.3, 0.4) is 0 Å². The Hall–Kier alpha value is -2.21. The van der Waals surface area contributed by atoms with Crippen molar-refractivity contribution in [1.82, 2.24) is 10.6 Å². The number of carbonyl (C=O) groups is 1. The fourth-order valence-electron chi connectivity index (χ4n) is 4.26.